The molecule has 0 bridgehead atoms. The minimum Gasteiger partial charge on any atom is -0.367 e. The van der Waals surface area contributed by atoms with E-state index in [1.807, 2.05) is 0 Å². The van der Waals surface area contributed by atoms with E-state index in [0.717, 1.165) is 5.69 Å². The molecular formula is C21H24N2. The predicted octanol–water partition coefficient (Wildman–Crippen LogP) is 4.99. The maximum atomic E-state index is 5.06. The van der Waals surface area contributed by atoms with Crippen molar-refractivity contribution in [2.75, 3.05) is 11.4 Å². The molecule has 2 heteroatoms. The molecule has 2 aliphatic heterocycles. The second-order valence-electron chi connectivity index (χ2n) is 6.71. The third-order valence-corrected chi connectivity index (χ3v) is 5.36. The molecule has 0 N–H and O–H groups in total. The third kappa shape index (κ3) is 2.37. The van der Waals surface area contributed by atoms with Gasteiger partial charge in [0.2, 0.25) is 0 Å². The summed E-state index contributed by atoms with van der Waals surface area (Å²) >= 11 is 0. The van der Waals surface area contributed by atoms with Crippen LogP contribution in [0.5, 0.6) is 0 Å². The lowest BCUT2D eigenvalue weighted by Crippen LogP contribution is -2.49. The zero-order valence-electron chi connectivity index (χ0n) is 14.0. The largest absolute Gasteiger partial charge is 0.367 e. The van der Waals surface area contributed by atoms with E-state index in [2.05, 4.69) is 67.3 Å². The van der Waals surface area contributed by atoms with Crippen molar-refractivity contribution in [2.45, 2.75) is 39.2 Å². The third-order valence-electron chi connectivity index (χ3n) is 5.36. The van der Waals surface area contributed by atoms with Crippen molar-refractivity contribution in [1.29, 1.82) is 0 Å². The van der Waals surface area contributed by atoms with Gasteiger partial charge in [0.15, 0.2) is 0 Å². The van der Waals surface area contributed by atoms with E-state index in [-0.39, 0.29) is 0 Å². The quantitative estimate of drug-likeness (QED) is 0.763. The molecule has 2 heterocycles. The fourth-order valence-corrected chi connectivity index (χ4v) is 4.30. The van der Waals surface area contributed by atoms with Crippen LogP contribution in [-0.2, 0) is 6.42 Å². The van der Waals surface area contributed by atoms with E-state index in [4.69, 9.17) is 4.99 Å². The summed E-state index contributed by atoms with van der Waals surface area (Å²) in [4.78, 5) is 7.72. The molecule has 0 spiro atoms. The molecule has 2 aromatic rings. The lowest BCUT2D eigenvalue weighted by Gasteiger charge is -2.46. The van der Waals surface area contributed by atoms with Crippen LogP contribution in [-0.4, -0.2) is 18.3 Å². The molecule has 2 unspecified atom stereocenters. The second kappa shape index (κ2) is 5.84. The van der Waals surface area contributed by atoms with Gasteiger partial charge in [-0.15, -0.1) is 0 Å². The molecule has 2 atom stereocenters. The number of rotatable bonds is 2. The summed E-state index contributed by atoms with van der Waals surface area (Å²) in [6.07, 6.45) is 3.64. The highest BCUT2D eigenvalue weighted by molar-refractivity contribution is 6.10. The molecular weight excluding hydrogens is 280 g/mol. The topological polar surface area (TPSA) is 15.6 Å². The van der Waals surface area contributed by atoms with E-state index < -0.39 is 0 Å². The SMILES string of the molecule is CCC1C(C)C(=Nc2ccccc2)c2cccc3c2N1CCC3. The Hall–Kier alpha value is -2.09. The summed E-state index contributed by atoms with van der Waals surface area (Å²) in [5.41, 5.74) is 6.63. The van der Waals surface area contributed by atoms with E-state index in [0.29, 0.717) is 12.0 Å². The van der Waals surface area contributed by atoms with Crippen molar-refractivity contribution >= 4 is 17.1 Å². The number of nitrogens with zero attached hydrogens (tertiary/aromatic N) is 2. The van der Waals surface area contributed by atoms with Crippen LogP contribution in [0.15, 0.2) is 53.5 Å². The molecule has 118 valence electrons. The lowest BCUT2D eigenvalue weighted by atomic mass is 9.80. The molecule has 2 aliphatic rings. The van der Waals surface area contributed by atoms with E-state index in [1.54, 1.807) is 0 Å². The summed E-state index contributed by atoms with van der Waals surface area (Å²) in [5.74, 6) is 0.459. The van der Waals surface area contributed by atoms with Crippen molar-refractivity contribution in [3.63, 3.8) is 0 Å². The highest BCUT2D eigenvalue weighted by Gasteiger charge is 2.37. The lowest BCUT2D eigenvalue weighted by molar-refractivity contribution is 0.471. The van der Waals surface area contributed by atoms with Crippen LogP contribution in [0.1, 0.15) is 37.8 Å². The van der Waals surface area contributed by atoms with Crippen molar-refractivity contribution in [2.24, 2.45) is 10.9 Å². The van der Waals surface area contributed by atoms with Crippen LogP contribution in [0.25, 0.3) is 0 Å². The predicted molar refractivity (Wildman–Crippen MR) is 98.0 cm³/mol. The van der Waals surface area contributed by atoms with Crippen LogP contribution < -0.4 is 4.90 Å². The number of aryl methyl sites for hydroxylation is 1. The zero-order valence-corrected chi connectivity index (χ0v) is 14.0. The first-order valence-electron chi connectivity index (χ1n) is 8.82. The smallest absolute Gasteiger partial charge is 0.0633 e. The first-order chi connectivity index (χ1) is 11.3. The van der Waals surface area contributed by atoms with Crippen molar-refractivity contribution in [3.8, 4) is 0 Å². The van der Waals surface area contributed by atoms with Gasteiger partial charge in [-0.2, -0.15) is 0 Å². The number of para-hydroxylation sites is 2. The first kappa shape index (κ1) is 14.5. The molecule has 0 saturated heterocycles. The molecule has 0 fully saturated rings. The number of anilines is 1. The summed E-state index contributed by atoms with van der Waals surface area (Å²) in [5, 5.41) is 0. The Labute approximate surface area is 138 Å². The standard InChI is InChI=1S/C21H24N2/c1-3-19-15(2)20(22-17-11-5-4-6-12-17)18-13-7-9-16-10-8-14-23(19)21(16)18/h4-7,9,11-13,15,19H,3,8,10,14H2,1-2H3. The second-order valence-corrected chi connectivity index (χ2v) is 6.71. The molecule has 2 nitrogen and oxygen atoms in total. The minimum atomic E-state index is 0.459. The van der Waals surface area contributed by atoms with Gasteiger partial charge in [-0.25, -0.2) is 0 Å². The number of benzene rings is 2. The van der Waals surface area contributed by atoms with E-state index >= 15 is 0 Å². The molecule has 0 aromatic heterocycles. The highest BCUT2D eigenvalue weighted by Crippen LogP contribution is 2.41. The average molecular weight is 304 g/mol. The highest BCUT2D eigenvalue weighted by atomic mass is 15.2. The van der Waals surface area contributed by atoms with Crippen LogP contribution in [0.4, 0.5) is 11.4 Å². The Morgan fingerprint density at radius 2 is 1.91 bits per heavy atom. The summed E-state index contributed by atoms with van der Waals surface area (Å²) in [7, 11) is 0. The van der Waals surface area contributed by atoms with Gasteiger partial charge in [-0.1, -0.05) is 50.2 Å². The Morgan fingerprint density at radius 1 is 1.09 bits per heavy atom. The number of hydrogen-bond donors (Lipinski definition) is 0. The van der Waals surface area contributed by atoms with Crippen LogP contribution in [0.3, 0.4) is 0 Å². The minimum absolute atomic E-state index is 0.459. The number of aliphatic imine (C=N–C) groups is 1. The molecule has 0 saturated carbocycles. The fraction of sp³-hybridized carbons (Fsp3) is 0.381. The normalized spacial score (nSPS) is 24.6. The van der Waals surface area contributed by atoms with Gasteiger partial charge in [0.05, 0.1) is 11.4 Å². The van der Waals surface area contributed by atoms with Gasteiger partial charge in [0, 0.05) is 29.8 Å². The van der Waals surface area contributed by atoms with Crippen molar-refractivity contribution in [3.05, 3.63) is 59.7 Å². The van der Waals surface area contributed by atoms with Gasteiger partial charge >= 0.3 is 0 Å². The zero-order chi connectivity index (χ0) is 15.8. The van der Waals surface area contributed by atoms with Crippen molar-refractivity contribution < 1.29 is 0 Å². The van der Waals surface area contributed by atoms with Gasteiger partial charge in [-0.05, 0) is 37.0 Å². The van der Waals surface area contributed by atoms with E-state index in [1.165, 1.54) is 48.3 Å². The van der Waals surface area contributed by atoms with Gasteiger partial charge in [0.1, 0.15) is 0 Å². The Balaban J connectivity index is 1.91. The van der Waals surface area contributed by atoms with Gasteiger partial charge < -0.3 is 4.90 Å². The van der Waals surface area contributed by atoms with Crippen molar-refractivity contribution in [1.82, 2.24) is 0 Å². The van der Waals surface area contributed by atoms with Crippen LogP contribution in [0.2, 0.25) is 0 Å². The summed E-state index contributed by atoms with van der Waals surface area (Å²) in [6, 6.07) is 17.7. The molecule has 4 rings (SSSR count). The maximum absolute atomic E-state index is 5.06. The molecule has 0 amide bonds. The number of hydrogen-bond acceptors (Lipinski definition) is 2. The van der Waals surface area contributed by atoms with E-state index in [9.17, 15) is 0 Å². The van der Waals surface area contributed by atoms with Gasteiger partial charge in [0.25, 0.3) is 0 Å². The summed E-state index contributed by atoms with van der Waals surface area (Å²) < 4.78 is 0. The Kier molecular flexibility index (Phi) is 3.68. The molecule has 23 heavy (non-hydrogen) atoms. The Bertz CT molecular complexity index is 733. The average Bonchev–Trinajstić information content (AvgIpc) is 2.60. The first-order valence-corrected chi connectivity index (χ1v) is 8.82. The summed E-state index contributed by atoms with van der Waals surface area (Å²) in [6.45, 7) is 5.84. The molecule has 0 aliphatic carbocycles. The fourth-order valence-electron chi connectivity index (χ4n) is 4.30. The Morgan fingerprint density at radius 3 is 2.70 bits per heavy atom. The van der Waals surface area contributed by atoms with Crippen LogP contribution in [0, 0.1) is 5.92 Å². The van der Waals surface area contributed by atoms with Gasteiger partial charge in [-0.3, -0.25) is 4.99 Å². The monoisotopic (exact) mass is 304 g/mol. The molecule has 0 radical (unpaired) electrons. The van der Waals surface area contributed by atoms with Crippen LogP contribution >= 0.6 is 0 Å². The molecule has 2 aromatic carbocycles. The maximum Gasteiger partial charge on any atom is 0.0633 e.